The number of halogens is 2. The minimum absolute atomic E-state index is 0.0153. The molecule has 0 saturated carbocycles. The van der Waals surface area contributed by atoms with Crippen LogP contribution in [0.1, 0.15) is 19.8 Å². The molecule has 0 radical (unpaired) electrons. The van der Waals surface area contributed by atoms with Crippen LogP contribution in [0.2, 0.25) is 10.0 Å². The van der Waals surface area contributed by atoms with Crippen molar-refractivity contribution in [3.8, 4) is 5.75 Å². The maximum atomic E-state index is 12.7. The van der Waals surface area contributed by atoms with Gasteiger partial charge in [-0.2, -0.15) is 0 Å². The third-order valence-electron chi connectivity index (χ3n) is 5.24. The Morgan fingerprint density at radius 1 is 1.12 bits per heavy atom. The number of nitrogens with zero attached hydrogens (tertiary/aromatic N) is 3. The van der Waals surface area contributed by atoms with Crippen molar-refractivity contribution in [3.05, 3.63) is 28.2 Å². The number of hydrogen-bond acceptors (Lipinski definition) is 4. The highest BCUT2D eigenvalue weighted by Gasteiger charge is 2.30. The summed E-state index contributed by atoms with van der Waals surface area (Å²) in [6, 6.07) is 5.61. The molecule has 0 bridgehead atoms. The van der Waals surface area contributed by atoms with Gasteiger partial charge in [-0.1, -0.05) is 23.2 Å². The standard InChI is InChI=1S/C19H27Cl2N3O2/c1-14(26-18-11-15(20)10-16(21)12-18)19(25)24-8-6-23(7-9-24)17-4-3-5-22(2)13-17/h10-12,14,17H,3-9,13H2,1-2H3. The van der Waals surface area contributed by atoms with Crippen molar-refractivity contribution in [2.24, 2.45) is 0 Å². The summed E-state index contributed by atoms with van der Waals surface area (Å²) in [5.41, 5.74) is 0. The highest BCUT2D eigenvalue weighted by Crippen LogP contribution is 2.25. The second-order valence-electron chi connectivity index (χ2n) is 7.28. The molecule has 1 aromatic rings. The van der Waals surface area contributed by atoms with Gasteiger partial charge < -0.3 is 14.5 Å². The number of carbonyl (C=O) groups excluding carboxylic acids is 1. The molecule has 0 spiro atoms. The summed E-state index contributed by atoms with van der Waals surface area (Å²) in [7, 11) is 2.19. The average molecular weight is 400 g/mol. The Morgan fingerprint density at radius 3 is 2.38 bits per heavy atom. The van der Waals surface area contributed by atoms with E-state index in [4.69, 9.17) is 27.9 Å². The van der Waals surface area contributed by atoms with Gasteiger partial charge in [0, 0.05) is 48.8 Å². The van der Waals surface area contributed by atoms with Gasteiger partial charge in [0.25, 0.3) is 5.91 Å². The average Bonchev–Trinajstić information content (AvgIpc) is 2.60. The van der Waals surface area contributed by atoms with Gasteiger partial charge in [0.15, 0.2) is 6.10 Å². The van der Waals surface area contributed by atoms with Crippen LogP contribution in [0, 0.1) is 0 Å². The quantitative estimate of drug-likeness (QED) is 0.779. The first-order valence-corrected chi connectivity index (χ1v) is 10.0. The van der Waals surface area contributed by atoms with Crippen LogP contribution in [0.15, 0.2) is 18.2 Å². The molecule has 2 fully saturated rings. The number of likely N-dealkylation sites (N-methyl/N-ethyl adjacent to an activating group) is 1. The number of piperidine rings is 1. The first-order valence-electron chi connectivity index (χ1n) is 9.26. The third kappa shape index (κ3) is 5.03. The molecule has 2 aliphatic rings. The molecule has 144 valence electrons. The molecule has 2 aliphatic heterocycles. The second kappa shape index (κ2) is 8.79. The van der Waals surface area contributed by atoms with Crippen LogP contribution in [0.4, 0.5) is 0 Å². The van der Waals surface area contributed by atoms with Crippen LogP contribution in [0.5, 0.6) is 5.75 Å². The van der Waals surface area contributed by atoms with Gasteiger partial charge >= 0.3 is 0 Å². The molecule has 3 rings (SSSR count). The van der Waals surface area contributed by atoms with Gasteiger partial charge in [-0.3, -0.25) is 9.69 Å². The number of rotatable bonds is 4. The van der Waals surface area contributed by atoms with Crippen molar-refractivity contribution in [2.75, 3.05) is 46.3 Å². The first kappa shape index (κ1) is 19.7. The lowest BCUT2D eigenvalue weighted by Gasteiger charge is -2.43. The van der Waals surface area contributed by atoms with E-state index in [1.54, 1.807) is 25.1 Å². The van der Waals surface area contributed by atoms with Crippen molar-refractivity contribution < 1.29 is 9.53 Å². The van der Waals surface area contributed by atoms with Gasteiger partial charge in [0.2, 0.25) is 0 Å². The van der Waals surface area contributed by atoms with Crippen molar-refractivity contribution in [3.63, 3.8) is 0 Å². The van der Waals surface area contributed by atoms with Crippen LogP contribution in [0.25, 0.3) is 0 Å². The number of amides is 1. The van der Waals surface area contributed by atoms with Crippen LogP contribution in [-0.2, 0) is 4.79 Å². The zero-order valence-electron chi connectivity index (χ0n) is 15.5. The van der Waals surface area contributed by atoms with Gasteiger partial charge in [-0.15, -0.1) is 0 Å². The fourth-order valence-corrected chi connectivity index (χ4v) is 4.36. The molecular formula is C19H27Cl2N3O2. The number of likely N-dealkylation sites (tertiary alicyclic amines) is 1. The van der Waals surface area contributed by atoms with E-state index in [1.165, 1.54) is 19.4 Å². The van der Waals surface area contributed by atoms with E-state index in [-0.39, 0.29) is 5.91 Å². The summed E-state index contributed by atoms with van der Waals surface area (Å²) in [6.45, 7) is 7.46. The van der Waals surface area contributed by atoms with E-state index in [9.17, 15) is 4.79 Å². The molecule has 2 atom stereocenters. The monoisotopic (exact) mass is 399 g/mol. The Hall–Kier alpha value is -1.01. The molecule has 2 unspecified atom stereocenters. The van der Waals surface area contributed by atoms with Crippen molar-refractivity contribution in [1.82, 2.24) is 14.7 Å². The van der Waals surface area contributed by atoms with Crippen molar-refractivity contribution in [2.45, 2.75) is 31.9 Å². The fraction of sp³-hybridized carbons (Fsp3) is 0.632. The maximum absolute atomic E-state index is 12.7. The molecule has 0 aliphatic carbocycles. The third-order valence-corrected chi connectivity index (χ3v) is 5.68. The maximum Gasteiger partial charge on any atom is 0.263 e. The molecule has 7 heteroatoms. The number of benzene rings is 1. The molecular weight excluding hydrogens is 373 g/mol. The zero-order valence-corrected chi connectivity index (χ0v) is 17.0. The van der Waals surface area contributed by atoms with Crippen molar-refractivity contribution in [1.29, 1.82) is 0 Å². The van der Waals surface area contributed by atoms with E-state index in [0.29, 0.717) is 21.8 Å². The van der Waals surface area contributed by atoms with Gasteiger partial charge in [-0.25, -0.2) is 0 Å². The van der Waals surface area contributed by atoms with Crippen LogP contribution < -0.4 is 4.74 Å². The first-order chi connectivity index (χ1) is 12.4. The summed E-state index contributed by atoms with van der Waals surface area (Å²) >= 11 is 12.0. The minimum atomic E-state index is -0.558. The molecule has 1 aromatic carbocycles. The topological polar surface area (TPSA) is 36.0 Å². The Bertz CT molecular complexity index is 615. The zero-order chi connectivity index (χ0) is 18.7. The predicted octanol–water partition coefficient (Wildman–Crippen LogP) is 3.00. The summed E-state index contributed by atoms with van der Waals surface area (Å²) in [6.07, 6.45) is 1.96. The van der Waals surface area contributed by atoms with Crippen LogP contribution in [-0.4, -0.2) is 79.1 Å². The molecule has 0 N–H and O–H groups in total. The largest absolute Gasteiger partial charge is 0.481 e. The molecule has 2 saturated heterocycles. The summed E-state index contributed by atoms with van der Waals surface area (Å²) in [5.74, 6) is 0.536. The van der Waals surface area contributed by atoms with Gasteiger partial charge in [0.1, 0.15) is 5.75 Å². The number of hydrogen-bond donors (Lipinski definition) is 0. The Kier molecular flexibility index (Phi) is 6.67. The van der Waals surface area contributed by atoms with Gasteiger partial charge in [0.05, 0.1) is 0 Å². The predicted molar refractivity (Wildman–Crippen MR) is 105 cm³/mol. The highest BCUT2D eigenvalue weighted by atomic mass is 35.5. The van der Waals surface area contributed by atoms with E-state index in [2.05, 4.69) is 16.8 Å². The van der Waals surface area contributed by atoms with E-state index in [0.717, 1.165) is 32.7 Å². The van der Waals surface area contributed by atoms with Crippen molar-refractivity contribution >= 4 is 29.1 Å². The minimum Gasteiger partial charge on any atom is -0.481 e. The lowest BCUT2D eigenvalue weighted by atomic mass is 10.0. The summed E-state index contributed by atoms with van der Waals surface area (Å²) < 4.78 is 5.77. The number of piperazine rings is 1. The molecule has 0 aromatic heterocycles. The molecule has 26 heavy (non-hydrogen) atoms. The Balaban J connectivity index is 1.51. The smallest absolute Gasteiger partial charge is 0.263 e. The van der Waals surface area contributed by atoms with Gasteiger partial charge in [-0.05, 0) is 51.6 Å². The second-order valence-corrected chi connectivity index (χ2v) is 8.16. The molecule has 1 amide bonds. The summed E-state index contributed by atoms with van der Waals surface area (Å²) in [4.78, 5) is 19.5. The lowest BCUT2D eigenvalue weighted by Crippen LogP contribution is -2.56. The fourth-order valence-electron chi connectivity index (χ4n) is 3.85. The molecule has 2 heterocycles. The SMILES string of the molecule is CC(Oc1cc(Cl)cc(Cl)c1)C(=O)N1CCN(C2CCCN(C)C2)CC1. The number of carbonyl (C=O) groups is 1. The normalized spacial score (nSPS) is 23.7. The van der Waals surface area contributed by atoms with Crippen LogP contribution >= 0.6 is 23.2 Å². The lowest BCUT2D eigenvalue weighted by molar-refractivity contribution is -0.140. The van der Waals surface area contributed by atoms with E-state index in [1.807, 2.05) is 4.90 Å². The Labute approximate surface area is 165 Å². The van der Waals surface area contributed by atoms with Crippen LogP contribution in [0.3, 0.4) is 0 Å². The van der Waals surface area contributed by atoms with E-state index < -0.39 is 6.10 Å². The highest BCUT2D eigenvalue weighted by molar-refractivity contribution is 6.34. The Morgan fingerprint density at radius 2 is 1.77 bits per heavy atom. The number of ether oxygens (including phenoxy) is 1. The van der Waals surface area contributed by atoms with E-state index >= 15 is 0 Å². The molecule has 5 nitrogen and oxygen atoms in total. The summed E-state index contributed by atoms with van der Waals surface area (Å²) in [5, 5.41) is 0.997.